The van der Waals surface area contributed by atoms with Gasteiger partial charge in [0.2, 0.25) is 18.3 Å². The number of benzene rings is 3. The second-order valence-corrected chi connectivity index (χ2v) is 8.83. The van der Waals surface area contributed by atoms with E-state index in [-0.39, 0.29) is 35.1 Å². The van der Waals surface area contributed by atoms with Crippen molar-refractivity contribution in [1.29, 1.82) is 0 Å². The second kappa shape index (κ2) is 8.82. The normalized spacial score (nSPS) is 12.4. The van der Waals surface area contributed by atoms with E-state index in [0.717, 1.165) is 15.2 Å². The molecule has 3 heterocycles. The van der Waals surface area contributed by atoms with Gasteiger partial charge in [-0.2, -0.15) is 0 Å². The van der Waals surface area contributed by atoms with Crippen LogP contribution >= 0.6 is 11.6 Å². The second-order valence-electron chi connectivity index (χ2n) is 8.40. The minimum Gasteiger partial charge on any atom is -0.454 e. The van der Waals surface area contributed by atoms with Gasteiger partial charge < -0.3 is 19.2 Å². The van der Waals surface area contributed by atoms with Gasteiger partial charge in [-0.3, -0.25) is 18.7 Å². The molecule has 0 unspecified atom stereocenters. The van der Waals surface area contributed by atoms with Crippen molar-refractivity contribution in [1.82, 2.24) is 9.13 Å². The SMILES string of the molecule is O=C(Cn1c(=O)n(Cc2ccc3c(c2)OCO3)c(=O)c2oc3ccccc3c21)Nc1ccc(Cl)cc1F. The molecule has 0 bridgehead atoms. The molecule has 3 aromatic carbocycles. The fraction of sp³-hybridized carbons (Fsp3) is 0.115. The van der Waals surface area contributed by atoms with Crippen LogP contribution in [0.3, 0.4) is 0 Å². The van der Waals surface area contributed by atoms with E-state index < -0.39 is 29.5 Å². The summed E-state index contributed by atoms with van der Waals surface area (Å²) in [5.41, 5.74) is -0.371. The lowest BCUT2D eigenvalue weighted by Gasteiger charge is -2.13. The van der Waals surface area contributed by atoms with Crippen LogP contribution in [0.5, 0.6) is 11.5 Å². The lowest BCUT2D eigenvalue weighted by atomic mass is 10.2. The van der Waals surface area contributed by atoms with Gasteiger partial charge in [0.1, 0.15) is 23.5 Å². The van der Waals surface area contributed by atoms with Crippen LogP contribution in [0, 0.1) is 5.82 Å². The molecule has 1 amide bonds. The quantitative estimate of drug-likeness (QED) is 0.373. The van der Waals surface area contributed by atoms with E-state index in [9.17, 15) is 18.8 Å². The minimum atomic E-state index is -0.728. The van der Waals surface area contributed by atoms with Crippen molar-refractivity contribution in [2.75, 3.05) is 12.1 Å². The Bertz CT molecular complexity index is 1840. The molecule has 0 atom stereocenters. The van der Waals surface area contributed by atoms with Gasteiger partial charge in [-0.1, -0.05) is 29.8 Å². The first kappa shape index (κ1) is 22.9. The standard InChI is InChI=1S/C26H17ClFN3O6/c27-15-6-7-18(17(28)10-15)29-22(32)12-30-23-16-3-1-2-4-19(16)37-24(23)25(33)31(26(30)34)11-14-5-8-20-21(9-14)36-13-35-20/h1-10H,11-13H2,(H,29,32). The number of para-hydroxylation sites is 1. The molecule has 2 aromatic heterocycles. The third-order valence-electron chi connectivity index (χ3n) is 6.03. The summed E-state index contributed by atoms with van der Waals surface area (Å²) in [7, 11) is 0. The van der Waals surface area contributed by atoms with Gasteiger partial charge >= 0.3 is 5.69 Å². The maximum atomic E-state index is 14.2. The van der Waals surface area contributed by atoms with Crippen LogP contribution in [0.1, 0.15) is 5.56 Å². The molecule has 1 aliphatic rings. The number of carbonyl (C=O) groups excluding carboxylic acids is 1. The fourth-order valence-corrected chi connectivity index (χ4v) is 4.49. The Morgan fingerprint density at radius 3 is 2.65 bits per heavy atom. The zero-order valence-corrected chi connectivity index (χ0v) is 19.8. The fourth-order valence-electron chi connectivity index (χ4n) is 4.33. The summed E-state index contributed by atoms with van der Waals surface area (Å²) >= 11 is 5.79. The van der Waals surface area contributed by atoms with Crippen LogP contribution < -0.4 is 26.0 Å². The van der Waals surface area contributed by atoms with Gasteiger partial charge in [0.15, 0.2) is 11.5 Å². The van der Waals surface area contributed by atoms with Crippen molar-refractivity contribution in [3.63, 3.8) is 0 Å². The van der Waals surface area contributed by atoms with Gasteiger partial charge in [0, 0.05) is 10.4 Å². The molecule has 1 N–H and O–H groups in total. The molecule has 186 valence electrons. The van der Waals surface area contributed by atoms with Crippen LogP contribution in [-0.2, 0) is 17.9 Å². The topological polar surface area (TPSA) is 105 Å². The van der Waals surface area contributed by atoms with E-state index in [1.807, 2.05) is 0 Å². The first-order valence-electron chi connectivity index (χ1n) is 11.2. The maximum absolute atomic E-state index is 14.2. The van der Waals surface area contributed by atoms with Crippen LogP contribution in [-0.4, -0.2) is 21.8 Å². The predicted molar refractivity (Wildman–Crippen MR) is 134 cm³/mol. The van der Waals surface area contributed by atoms with Gasteiger partial charge in [0.05, 0.1) is 12.2 Å². The van der Waals surface area contributed by atoms with Gasteiger partial charge in [-0.25, -0.2) is 9.18 Å². The number of carbonyl (C=O) groups is 1. The first-order valence-corrected chi connectivity index (χ1v) is 11.5. The highest BCUT2D eigenvalue weighted by atomic mass is 35.5. The van der Waals surface area contributed by atoms with E-state index in [4.69, 9.17) is 25.5 Å². The third-order valence-corrected chi connectivity index (χ3v) is 6.26. The average molecular weight is 522 g/mol. The number of fused-ring (bicyclic) bond motifs is 4. The molecule has 6 rings (SSSR count). The van der Waals surface area contributed by atoms with Crippen LogP contribution in [0.25, 0.3) is 22.1 Å². The van der Waals surface area contributed by atoms with Crippen molar-refractivity contribution in [2.24, 2.45) is 0 Å². The Balaban J connectivity index is 1.46. The molecule has 0 fully saturated rings. The number of aromatic nitrogens is 2. The largest absolute Gasteiger partial charge is 0.454 e. The van der Waals surface area contributed by atoms with Crippen LogP contribution in [0.2, 0.25) is 5.02 Å². The number of rotatable bonds is 5. The Labute approximate surface area is 212 Å². The molecular weight excluding hydrogens is 505 g/mol. The smallest absolute Gasteiger partial charge is 0.332 e. The number of furan rings is 1. The van der Waals surface area contributed by atoms with Gasteiger partial charge in [-0.15, -0.1) is 0 Å². The Morgan fingerprint density at radius 1 is 1.00 bits per heavy atom. The Hall–Kier alpha value is -4.57. The van der Waals surface area contributed by atoms with Crippen molar-refractivity contribution >= 4 is 45.3 Å². The van der Waals surface area contributed by atoms with Crippen LogP contribution in [0.15, 0.2) is 74.7 Å². The van der Waals surface area contributed by atoms with Crippen LogP contribution in [0.4, 0.5) is 10.1 Å². The van der Waals surface area contributed by atoms with Crippen molar-refractivity contribution in [3.8, 4) is 11.5 Å². The van der Waals surface area contributed by atoms with E-state index in [1.54, 1.807) is 42.5 Å². The molecular formula is C26H17ClFN3O6. The lowest BCUT2D eigenvalue weighted by Crippen LogP contribution is -2.41. The highest BCUT2D eigenvalue weighted by molar-refractivity contribution is 6.30. The number of amides is 1. The Morgan fingerprint density at radius 2 is 1.81 bits per heavy atom. The predicted octanol–water partition coefficient (Wildman–Crippen LogP) is 4.12. The molecule has 5 aromatic rings. The molecule has 1 aliphatic heterocycles. The molecule has 0 saturated carbocycles. The van der Waals surface area contributed by atoms with Gasteiger partial charge in [0.25, 0.3) is 5.56 Å². The first-order chi connectivity index (χ1) is 17.9. The molecule has 0 saturated heterocycles. The molecule has 11 heteroatoms. The average Bonchev–Trinajstić information content (AvgIpc) is 3.51. The zero-order valence-electron chi connectivity index (χ0n) is 19.0. The summed E-state index contributed by atoms with van der Waals surface area (Å²) < 4.78 is 32.9. The number of nitrogens with one attached hydrogen (secondary N) is 1. The maximum Gasteiger partial charge on any atom is 0.332 e. The van der Waals surface area contributed by atoms with E-state index >= 15 is 0 Å². The molecule has 0 aliphatic carbocycles. The molecule has 0 spiro atoms. The Kier molecular flexibility index (Phi) is 5.45. The highest BCUT2D eigenvalue weighted by Crippen LogP contribution is 2.32. The molecule has 9 nitrogen and oxygen atoms in total. The monoisotopic (exact) mass is 521 g/mol. The van der Waals surface area contributed by atoms with E-state index in [2.05, 4.69) is 5.32 Å². The number of ether oxygens (including phenoxy) is 2. The number of halogens is 2. The number of nitrogens with zero attached hydrogens (tertiary/aromatic N) is 2. The van der Waals surface area contributed by atoms with Gasteiger partial charge in [-0.05, 0) is 48.0 Å². The summed E-state index contributed by atoms with van der Waals surface area (Å²) in [4.78, 5) is 40.0. The third kappa shape index (κ3) is 4.01. The van der Waals surface area contributed by atoms with E-state index in [1.165, 1.54) is 12.1 Å². The summed E-state index contributed by atoms with van der Waals surface area (Å²) in [6.07, 6.45) is 0. The highest BCUT2D eigenvalue weighted by Gasteiger charge is 2.22. The summed E-state index contributed by atoms with van der Waals surface area (Å²) in [5, 5.41) is 3.12. The van der Waals surface area contributed by atoms with E-state index in [0.29, 0.717) is 28.0 Å². The molecule has 37 heavy (non-hydrogen) atoms. The van der Waals surface area contributed by atoms with Crippen molar-refractivity contribution < 1.29 is 23.1 Å². The number of hydrogen-bond donors (Lipinski definition) is 1. The summed E-state index contributed by atoms with van der Waals surface area (Å²) in [5.74, 6) is -0.338. The minimum absolute atomic E-state index is 0.0768. The summed E-state index contributed by atoms with van der Waals surface area (Å²) in [6, 6.07) is 15.7. The zero-order chi connectivity index (χ0) is 25.7. The van der Waals surface area contributed by atoms with Crippen molar-refractivity contribution in [3.05, 3.63) is 97.9 Å². The summed E-state index contributed by atoms with van der Waals surface area (Å²) in [6.45, 7) is -0.517. The lowest BCUT2D eigenvalue weighted by molar-refractivity contribution is -0.116. The number of anilines is 1. The number of hydrogen-bond acceptors (Lipinski definition) is 6. The van der Waals surface area contributed by atoms with Crippen molar-refractivity contribution in [2.45, 2.75) is 13.1 Å². The molecule has 0 radical (unpaired) electrons.